The first kappa shape index (κ1) is 19.2. The van der Waals surface area contributed by atoms with E-state index in [9.17, 15) is 4.79 Å². The maximum Gasteiger partial charge on any atom is 0.227 e. The van der Waals surface area contributed by atoms with Crippen LogP contribution in [0.4, 0.5) is 0 Å². The van der Waals surface area contributed by atoms with Crippen molar-refractivity contribution >= 4 is 18.3 Å². The number of nitrogens with two attached hydrogens (primary N) is 1. The fourth-order valence-corrected chi connectivity index (χ4v) is 2.43. The van der Waals surface area contributed by atoms with Gasteiger partial charge < -0.3 is 10.6 Å². The Morgan fingerprint density at radius 3 is 2.48 bits per heavy atom. The molecule has 2 N–H and O–H groups in total. The van der Waals surface area contributed by atoms with Crippen LogP contribution < -0.4 is 5.73 Å². The number of carbonyl (C=O) groups excluding carboxylic acids is 1. The molecule has 1 aromatic heterocycles. The third-order valence-electron chi connectivity index (χ3n) is 4.17. The smallest absolute Gasteiger partial charge is 0.227 e. The molecule has 126 valence electrons. The monoisotopic (exact) mass is 336 g/mol. The number of benzene rings is 1. The lowest BCUT2D eigenvalue weighted by Crippen LogP contribution is -2.40. The molecule has 0 aliphatic rings. The molecule has 0 saturated carbocycles. The van der Waals surface area contributed by atoms with Crippen molar-refractivity contribution in [1.29, 1.82) is 0 Å². The molecule has 0 aliphatic carbocycles. The second kappa shape index (κ2) is 8.13. The van der Waals surface area contributed by atoms with Crippen molar-refractivity contribution in [3.05, 3.63) is 47.3 Å². The van der Waals surface area contributed by atoms with Crippen LogP contribution in [0.5, 0.6) is 0 Å². The van der Waals surface area contributed by atoms with Gasteiger partial charge in [0.2, 0.25) is 5.91 Å². The van der Waals surface area contributed by atoms with Gasteiger partial charge in [0.25, 0.3) is 0 Å². The largest absolute Gasteiger partial charge is 0.341 e. The third-order valence-corrected chi connectivity index (χ3v) is 4.17. The topological polar surface area (TPSA) is 64.2 Å². The summed E-state index contributed by atoms with van der Waals surface area (Å²) >= 11 is 0. The van der Waals surface area contributed by atoms with Crippen molar-refractivity contribution in [3.8, 4) is 5.69 Å². The lowest BCUT2D eigenvalue weighted by Gasteiger charge is -2.23. The van der Waals surface area contributed by atoms with Crippen LogP contribution in [0.3, 0.4) is 0 Å². The van der Waals surface area contributed by atoms with Crippen LogP contribution in [0.25, 0.3) is 5.69 Å². The molecule has 0 bridgehead atoms. The first-order valence-corrected chi connectivity index (χ1v) is 7.52. The van der Waals surface area contributed by atoms with E-state index in [0.717, 1.165) is 22.6 Å². The number of amides is 1. The van der Waals surface area contributed by atoms with Crippen molar-refractivity contribution < 1.29 is 4.79 Å². The van der Waals surface area contributed by atoms with Crippen molar-refractivity contribution in [1.82, 2.24) is 14.7 Å². The molecule has 1 atom stereocenters. The summed E-state index contributed by atoms with van der Waals surface area (Å²) in [5.74, 6) is 0.0664. The highest BCUT2D eigenvalue weighted by atomic mass is 35.5. The van der Waals surface area contributed by atoms with E-state index in [1.807, 2.05) is 55.8 Å². The van der Waals surface area contributed by atoms with Gasteiger partial charge in [-0.25, -0.2) is 4.68 Å². The van der Waals surface area contributed by atoms with Crippen LogP contribution in [0.1, 0.15) is 23.9 Å². The Kier molecular flexibility index (Phi) is 6.79. The Labute approximate surface area is 143 Å². The fraction of sp³-hybridized carbons (Fsp3) is 0.412. The minimum Gasteiger partial charge on any atom is -0.341 e. The molecule has 0 spiro atoms. The molecular formula is C17H25ClN4O. The highest BCUT2D eigenvalue weighted by molar-refractivity contribution is 5.85. The first-order valence-electron chi connectivity index (χ1n) is 7.52. The van der Waals surface area contributed by atoms with Gasteiger partial charge >= 0.3 is 0 Å². The Balaban J connectivity index is 0.00000264. The number of rotatable bonds is 5. The zero-order chi connectivity index (χ0) is 16.3. The normalized spacial score (nSPS) is 11.7. The summed E-state index contributed by atoms with van der Waals surface area (Å²) in [4.78, 5) is 14.1. The van der Waals surface area contributed by atoms with Crippen molar-refractivity contribution in [3.63, 3.8) is 0 Å². The van der Waals surface area contributed by atoms with Gasteiger partial charge in [-0.2, -0.15) is 5.10 Å². The van der Waals surface area contributed by atoms with E-state index in [4.69, 9.17) is 5.73 Å². The molecule has 0 aliphatic heterocycles. The molecule has 1 unspecified atom stereocenters. The molecule has 1 amide bonds. The van der Waals surface area contributed by atoms with E-state index in [2.05, 4.69) is 5.10 Å². The molecule has 0 saturated heterocycles. The second-order valence-corrected chi connectivity index (χ2v) is 5.66. The highest BCUT2D eigenvalue weighted by Crippen LogP contribution is 2.19. The Morgan fingerprint density at radius 1 is 1.30 bits per heavy atom. The van der Waals surface area contributed by atoms with E-state index < -0.39 is 0 Å². The number of halogens is 1. The van der Waals surface area contributed by atoms with E-state index >= 15 is 0 Å². The zero-order valence-electron chi connectivity index (χ0n) is 14.1. The summed E-state index contributed by atoms with van der Waals surface area (Å²) in [6, 6.07) is 9.99. The van der Waals surface area contributed by atoms with Crippen molar-refractivity contribution in [2.45, 2.75) is 33.2 Å². The van der Waals surface area contributed by atoms with E-state index in [1.54, 1.807) is 11.9 Å². The predicted octanol–water partition coefficient (Wildman–Crippen LogP) is 2.26. The Morgan fingerprint density at radius 2 is 1.91 bits per heavy atom. The molecule has 6 heteroatoms. The maximum atomic E-state index is 12.4. The highest BCUT2D eigenvalue weighted by Gasteiger charge is 2.20. The lowest BCUT2D eigenvalue weighted by molar-refractivity contribution is -0.130. The quantitative estimate of drug-likeness (QED) is 0.910. The first-order chi connectivity index (χ1) is 10.5. The van der Waals surface area contributed by atoms with Gasteiger partial charge in [-0.3, -0.25) is 4.79 Å². The van der Waals surface area contributed by atoms with Gasteiger partial charge in [-0.15, -0.1) is 12.4 Å². The summed E-state index contributed by atoms with van der Waals surface area (Å²) in [5, 5.41) is 4.58. The second-order valence-electron chi connectivity index (χ2n) is 5.66. The number of para-hydroxylation sites is 1. The standard InChI is InChI=1S/C17H24N4O.ClH/c1-12(11-18)20(4)17(22)10-16-13(2)19-21(14(16)3)15-8-6-5-7-9-15;/h5-9,12H,10-11,18H2,1-4H3;1H. The van der Waals surface area contributed by atoms with Gasteiger partial charge in [0, 0.05) is 30.9 Å². The number of hydrogen-bond donors (Lipinski definition) is 1. The summed E-state index contributed by atoms with van der Waals surface area (Å²) < 4.78 is 1.89. The number of carbonyl (C=O) groups is 1. The number of aromatic nitrogens is 2. The van der Waals surface area contributed by atoms with Gasteiger partial charge in [-0.1, -0.05) is 18.2 Å². The number of hydrogen-bond acceptors (Lipinski definition) is 3. The summed E-state index contributed by atoms with van der Waals surface area (Å²) in [6.45, 7) is 6.36. The van der Waals surface area contributed by atoms with Crippen LogP contribution >= 0.6 is 12.4 Å². The average Bonchev–Trinajstić information content (AvgIpc) is 2.82. The number of likely N-dealkylation sites (N-methyl/N-ethyl adjacent to an activating group) is 1. The number of aryl methyl sites for hydroxylation is 1. The van der Waals surface area contributed by atoms with Gasteiger partial charge in [-0.05, 0) is 32.9 Å². The third kappa shape index (κ3) is 4.12. The Hall–Kier alpha value is -1.85. The molecule has 1 aromatic carbocycles. The van der Waals surface area contributed by atoms with Crippen molar-refractivity contribution in [2.75, 3.05) is 13.6 Å². The minimum atomic E-state index is 0. The van der Waals surface area contributed by atoms with Crippen LogP contribution in [0.2, 0.25) is 0 Å². The van der Waals surface area contributed by atoms with Crippen LogP contribution in [-0.4, -0.2) is 40.2 Å². The van der Waals surface area contributed by atoms with Gasteiger partial charge in [0.1, 0.15) is 0 Å². The zero-order valence-corrected chi connectivity index (χ0v) is 14.9. The minimum absolute atomic E-state index is 0. The summed E-state index contributed by atoms with van der Waals surface area (Å²) in [7, 11) is 1.80. The Bertz CT molecular complexity index is 654. The summed E-state index contributed by atoms with van der Waals surface area (Å²) in [5.41, 5.74) is 9.53. The SMILES string of the molecule is Cc1nn(-c2ccccc2)c(C)c1CC(=O)N(C)C(C)CN.Cl. The van der Waals surface area contributed by atoms with Crippen LogP contribution in [0.15, 0.2) is 30.3 Å². The molecule has 23 heavy (non-hydrogen) atoms. The van der Waals surface area contributed by atoms with E-state index in [-0.39, 0.29) is 24.4 Å². The molecule has 0 fully saturated rings. The van der Waals surface area contributed by atoms with Crippen molar-refractivity contribution in [2.24, 2.45) is 5.73 Å². The van der Waals surface area contributed by atoms with E-state index in [0.29, 0.717) is 13.0 Å². The molecule has 1 heterocycles. The number of nitrogens with zero attached hydrogens (tertiary/aromatic N) is 3. The van der Waals surface area contributed by atoms with Gasteiger partial charge in [0.05, 0.1) is 17.8 Å². The molecule has 2 aromatic rings. The average molecular weight is 337 g/mol. The predicted molar refractivity (Wildman–Crippen MR) is 95.3 cm³/mol. The maximum absolute atomic E-state index is 12.4. The molecule has 5 nitrogen and oxygen atoms in total. The van der Waals surface area contributed by atoms with Crippen LogP contribution in [0, 0.1) is 13.8 Å². The fourth-order valence-electron chi connectivity index (χ4n) is 2.43. The van der Waals surface area contributed by atoms with Gasteiger partial charge in [0.15, 0.2) is 0 Å². The van der Waals surface area contributed by atoms with Crippen LogP contribution in [-0.2, 0) is 11.2 Å². The van der Waals surface area contributed by atoms with E-state index in [1.165, 1.54) is 0 Å². The molecule has 0 radical (unpaired) electrons. The lowest BCUT2D eigenvalue weighted by atomic mass is 10.1. The summed E-state index contributed by atoms with van der Waals surface area (Å²) in [6.07, 6.45) is 0.353. The molecular weight excluding hydrogens is 312 g/mol. The molecule has 2 rings (SSSR count).